The molecular weight excluding hydrogens is 276 g/mol. The third kappa shape index (κ3) is 2.56. The van der Waals surface area contributed by atoms with E-state index < -0.39 is 22.0 Å². The second-order valence-corrected chi connectivity index (χ2v) is 5.00. The molecule has 0 aliphatic rings. The lowest BCUT2D eigenvalue weighted by atomic mass is 10.3. The van der Waals surface area contributed by atoms with E-state index in [4.69, 9.17) is 9.66 Å². The summed E-state index contributed by atoms with van der Waals surface area (Å²) in [6.07, 6.45) is 0. The molecule has 1 aromatic heterocycles. The Kier molecular flexibility index (Phi) is 3.00. The Morgan fingerprint density at radius 1 is 1.21 bits per heavy atom. The molecule has 0 amide bonds. The predicted octanol–water partition coefficient (Wildman–Crippen LogP) is 0.523. The number of rotatable bonds is 3. The van der Waals surface area contributed by atoms with Crippen molar-refractivity contribution in [1.29, 1.82) is 0 Å². The number of hydrogen-bond donors (Lipinski definition) is 3. The van der Waals surface area contributed by atoms with Crippen LogP contribution in [0.5, 0.6) is 5.88 Å². The van der Waals surface area contributed by atoms with Gasteiger partial charge in [-0.05, 0) is 24.3 Å². The number of benzene rings is 1. The van der Waals surface area contributed by atoms with Crippen LogP contribution in [0.3, 0.4) is 0 Å². The van der Waals surface area contributed by atoms with Gasteiger partial charge >= 0.3 is 5.97 Å². The normalized spacial score (nSPS) is 11.4. The van der Waals surface area contributed by atoms with Crippen LogP contribution in [-0.4, -0.2) is 38.9 Å². The highest BCUT2D eigenvalue weighted by Gasteiger charge is 2.15. The van der Waals surface area contributed by atoms with Crippen LogP contribution < -0.4 is 0 Å². The molecule has 0 unspecified atom stereocenters. The summed E-state index contributed by atoms with van der Waals surface area (Å²) in [7, 11) is -4.31. The van der Waals surface area contributed by atoms with Gasteiger partial charge in [-0.2, -0.15) is 13.5 Å². The van der Waals surface area contributed by atoms with E-state index in [2.05, 4.69) is 5.10 Å². The van der Waals surface area contributed by atoms with Crippen LogP contribution in [0, 0.1) is 0 Å². The minimum Gasteiger partial charge on any atom is -0.493 e. The quantitative estimate of drug-likeness (QED) is 0.700. The zero-order valence-corrected chi connectivity index (χ0v) is 10.1. The van der Waals surface area contributed by atoms with Crippen molar-refractivity contribution < 1.29 is 28.0 Å². The van der Waals surface area contributed by atoms with Crippen molar-refractivity contribution in [3.8, 4) is 11.6 Å². The topological polar surface area (TPSA) is 130 Å². The Morgan fingerprint density at radius 3 is 2.21 bits per heavy atom. The first kappa shape index (κ1) is 13.1. The monoisotopic (exact) mass is 284 g/mol. The maximum absolute atomic E-state index is 10.8. The molecule has 0 fully saturated rings. The summed E-state index contributed by atoms with van der Waals surface area (Å²) in [6, 6.07) is 5.69. The molecule has 3 N–H and O–H groups in total. The first-order valence-corrected chi connectivity index (χ1v) is 6.33. The molecule has 0 saturated heterocycles. The van der Waals surface area contributed by atoms with Gasteiger partial charge in [0, 0.05) is 6.07 Å². The Labute approximate surface area is 107 Å². The van der Waals surface area contributed by atoms with E-state index in [1.165, 1.54) is 12.1 Å². The minimum absolute atomic E-state index is 0.248. The number of nitrogens with zero attached hydrogens (tertiary/aromatic N) is 2. The van der Waals surface area contributed by atoms with Gasteiger partial charge in [-0.1, -0.05) is 0 Å². The average molecular weight is 284 g/mol. The molecule has 100 valence electrons. The summed E-state index contributed by atoms with van der Waals surface area (Å²) in [4.78, 5) is 10.4. The number of carboxylic acid groups (broad SMARTS) is 1. The third-order valence-corrected chi connectivity index (χ3v) is 3.16. The van der Waals surface area contributed by atoms with Gasteiger partial charge in [-0.15, -0.1) is 0 Å². The summed E-state index contributed by atoms with van der Waals surface area (Å²) in [5.41, 5.74) is -0.103. The Balaban J connectivity index is 2.46. The molecule has 0 saturated carbocycles. The summed E-state index contributed by atoms with van der Waals surface area (Å²) < 4.78 is 31.4. The van der Waals surface area contributed by atoms with Gasteiger partial charge in [-0.3, -0.25) is 4.55 Å². The van der Waals surface area contributed by atoms with E-state index in [1.807, 2.05) is 0 Å². The zero-order chi connectivity index (χ0) is 14.2. The molecule has 0 atom stereocenters. The van der Waals surface area contributed by atoms with E-state index in [1.54, 1.807) is 0 Å². The van der Waals surface area contributed by atoms with Crippen molar-refractivity contribution in [2.45, 2.75) is 4.90 Å². The van der Waals surface area contributed by atoms with Crippen molar-refractivity contribution in [1.82, 2.24) is 9.78 Å². The van der Waals surface area contributed by atoms with E-state index >= 15 is 0 Å². The summed E-state index contributed by atoms with van der Waals surface area (Å²) >= 11 is 0. The van der Waals surface area contributed by atoms with Gasteiger partial charge in [-0.25, -0.2) is 9.48 Å². The maximum Gasteiger partial charge on any atom is 0.356 e. The fourth-order valence-corrected chi connectivity index (χ4v) is 1.91. The van der Waals surface area contributed by atoms with E-state index in [0.717, 1.165) is 22.9 Å². The molecule has 0 bridgehead atoms. The van der Waals surface area contributed by atoms with Crippen LogP contribution >= 0.6 is 0 Å². The van der Waals surface area contributed by atoms with Gasteiger partial charge < -0.3 is 10.2 Å². The molecule has 9 heteroatoms. The fraction of sp³-hybridized carbons (Fsp3) is 0. The number of hydrogen-bond acceptors (Lipinski definition) is 5. The summed E-state index contributed by atoms with van der Waals surface area (Å²) in [5.74, 6) is -1.71. The minimum atomic E-state index is -4.31. The van der Waals surface area contributed by atoms with Crippen molar-refractivity contribution in [3.63, 3.8) is 0 Å². The molecule has 8 nitrogen and oxygen atoms in total. The number of aromatic carboxylic acids is 1. The average Bonchev–Trinajstić information content (AvgIpc) is 2.70. The van der Waals surface area contributed by atoms with E-state index in [0.29, 0.717) is 0 Å². The number of carbonyl (C=O) groups is 1. The molecule has 0 aliphatic carbocycles. The second kappa shape index (κ2) is 4.37. The molecule has 2 aromatic rings. The van der Waals surface area contributed by atoms with Crippen molar-refractivity contribution in [2.75, 3.05) is 0 Å². The lowest BCUT2D eigenvalue weighted by molar-refractivity contribution is 0.0690. The number of aromatic hydroxyl groups is 1. The van der Waals surface area contributed by atoms with Gasteiger partial charge in [0.25, 0.3) is 10.1 Å². The Morgan fingerprint density at radius 2 is 1.79 bits per heavy atom. The standard InChI is InChI=1S/C10H8N2O6S/c13-9-5-8(10(14)15)11-12(9)6-1-3-7(4-2-6)19(16,17)18/h1-5,13H,(H,14,15)(H,16,17,18). The first-order chi connectivity index (χ1) is 8.79. The third-order valence-electron chi connectivity index (χ3n) is 2.29. The largest absolute Gasteiger partial charge is 0.493 e. The molecule has 0 radical (unpaired) electrons. The summed E-state index contributed by atoms with van der Waals surface area (Å²) in [6.45, 7) is 0. The highest BCUT2D eigenvalue weighted by molar-refractivity contribution is 7.85. The van der Waals surface area contributed by atoms with Crippen LogP contribution in [-0.2, 0) is 10.1 Å². The molecule has 0 spiro atoms. The van der Waals surface area contributed by atoms with Crippen LogP contribution in [0.25, 0.3) is 5.69 Å². The van der Waals surface area contributed by atoms with Gasteiger partial charge in [0.15, 0.2) is 5.69 Å². The van der Waals surface area contributed by atoms with Gasteiger partial charge in [0.2, 0.25) is 5.88 Å². The molecule has 1 heterocycles. The van der Waals surface area contributed by atoms with Crippen molar-refractivity contribution >= 4 is 16.1 Å². The van der Waals surface area contributed by atoms with Gasteiger partial charge in [0.05, 0.1) is 10.6 Å². The highest BCUT2D eigenvalue weighted by atomic mass is 32.2. The van der Waals surface area contributed by atoms with Crippen molar-refractivity contribution in [3.05, 3.63) is 36.0 Å². The lowest BCUT2D eigenvalue weighted by Gasteiger charge is -2.03. The summed E-state index contributed by atoms with van der Waals surface area (Å²) in [5, 5.41) is 21.9. The van der Waals surface area contributed by atoms with Crippen LogP contribution in [0.4, 0.5) is 0 Å². The second-order valence-electron chi connectivity index (χ2n) is 3.57. The van der Waals surface area contributed by atoms with Crippen molar-refractivity contribution in [2.24, 2.45) is 0 Å². The number of carboxylic acids is 1. The maximum atomic E-state index is 10.8. The molecule has 0 aliphatic heterocycles. The molecule has 19 heavy (non-hydrogen) atoms. The molecule has 1 aromatic carbocycles. The van der Waals surface area contributed by atoms with E-state index in [-0.39, 0.29) is 16.3 Å². The molecular formula is C10H8N2O6S. The highest BCUT2D eigenvalue weighted by Crippen LogP contribution is 2.19. The Bertz CT molecular complexity index is 732. The van der Waals surface area contributed by atoms with E-state index in [9.17, 15) is 18.3 Å². The van der Waals surface area contributed by atoms with Gasteiger partial charge in [0.1, 0.15) is 0 Å². The van der Waals surface area contributed by atoms with Crippen LogP contribution in [0.15, 0.2) is 35.2 Å². The van der Waals surface area contributed by atoms with Crippen LogP contribution in [0.2, 0.25) is 0 Å². The lowest BCUT2D eigenvalue weighted by Crippen LogP contribution is -2.02. The van der Waals surface area contributed by atoms with Crippen LogP contribution in [0.1, 0.15) is 10.5 Å². The SMILES string of the molecule is O=C(O)c1cc(O)n(-c2ccc(S(=O)(=O)O)cc2)n1. The molecule has 2 rings (SSSR count). The zero-order valence-electron chi connectivity index (χ0n) is 9.26. The predicted molar refractivity (Wildman–Crippen MR) is 62.0 cm³/mol. The Hall–Kier alpha value is -2.39. The first-order valence-electron chi connectivity index (χ1n) is 4.89. The number of aromatic nitrogens is 2. The smallest absolute Gasteiger partial charge is 0.356 e. The fourth-order valence-electron chi connectivity index (χ4n) is 1.43.